The first kappa shape index (κ1) is 15.8. The van der Waals surface area contributed by atoms with E-state index < -0.39 is 11.9 Å². The van der Waals surface area contributed by atoms with Gasteiger partial charge in [0.1, 0.15) is 11.6 Å². The molecule has 0 aliphatic carbocycles. The molecular weight excluding hydrogens is 320 g/mol. The lowest BCUT2D eigenvalue weighted by atomic mass is 10.0. The topological polar surface area (TPSA) is 109 Å². The number of aromatic carboxylic acids is 1. The van der Waals surface area contributed by atoms with Crippen LogP contribution >= 0.6 is 0 Å². The summed E-state index contributed by atoms with van der Waals surface area (Å²) in [6.45, 7) is 6.96. The number of pyridine rings is 2. The smallest absolute Gasteiger partial charge is 0.354 e. The molecule has 25 heavy (non-hydrogen) atoms. The Balaban J connectivity index is 2.01. The Morgan fingerprint density at radius 2 is 1.92 bits per heavy atom. The summed E-state index contributed by atoms with van der Waals surface area (Å²) in [7, 11) is 0. The van der Waals surface area contributed by atoms with E-state index in [-0.39, 0.29) is 11.5 Å². The van der Waals surface area contributed by atoms with Crippen molar-refractivity contribution in [1.29, 1.82) is 5.26 Å². The molecule has 0 fully saturated rings. The Hall–Kier alpha value is -4.04. The summed E-state index contributed by atoms with van der Waals surface area (Å²) in [5.74, 6) is -1.31. The number of carboxylic acids is 1. The zero-order chi connectivity index (χ0) is 17.8. The lowest BCUT2D eigenvalue weighted by Gasteiger charge is -2.09. The fourth-order valence-corrected chi connectivity index (χ4v) is 2.24. The minimum absolute atomic E-state index is 0.136. The maximum Gasteiger partial charge on any atom is 0.354 e. The van der Waals surface area contributed by atoms with E-state index in [4.69, 9.17) is 11.7 Å². The second-order valence-corrected chi connectivity index (χ2v) is 4.97. The van der Waals surface area contributed by atoms with Crippen molar-refractivity contribution in [1.82, 2.24) is 19.7 Å². The zero-order valence-corrected chi connectivity index (χ0v) is 12.7. The van der Waals surface area contributed by atoms with Gasteiger partial charge in [-0.3, -0.25) is 0 Å². The van der Waals surface area contributed by atoms with Crippen molar-refractivity contribution in [2.75, 3.05) is 0 Å². The first-order chi connectivity index (χ1) is 12.1. The monoisotopic (exact) mass is 330 g/mol. The molecule has 1 unspecified atom stereocenters. The number of aromatic nitrogens is 4. The Kier molecular flexibility index (Phi) is 4.18. The molecule has 0 amide bonds. The average Bonchev–Trinajstić information content (AvgIpc) is 3.12. The van der Waals surface area contributed by atoms with Crippen LogP contribution in [0, 0.1) is 17.9 Å². The van der Waals surface area contributed by atoms with E-state index >= 15 is 0 Å². The van der Waals surface area contributed by atoms with Crippen LogP contribution in [0.25, 0.3) is 10.7 Å². The fourth-order valence-electron chi connectivity index (χ4n) is 2.24. The van der Waals surface area contributed by atoms with Gasteiger partial charge in [0.15, 0.2) is 5.82 Å². The molecule has 3 aromatic rings. The summed E-state index contributed by atoms with van der Waals surface area (Å²) < 4.78 is 1.44. The molecule has 8 nitrogen and oxygen atoms in total. The second kappa shape index (κ2) is 6.60. The van der Waals surface area contributed by atoms with Crippen molar-refractivity contribution in [2.45, 2.75) is 5.92 Å². The highest BCUT2D eigenvalue weighted by molar-refractivity contribution is 5.85. The van der Waals surface area contributed by atoms with Gasteiger partial charge >= 0.3 is 5.97 Å². The number of carbonyl (C=O) groups is 1. The van der Waals surface area contributed by atoms with Crippen molar-refractivity contribution in [3.63, 3.8) is 0 Å². The third-order valence-electron chi connectivity index (χ3n) is 3.39. The summed E-state index contributed by atoms with van der Waals surface area (Å²) in [5.41, 5.74) is 0.576. The van der Waals surface area contributed by atoms with Gasteiger partial charge in [-0.05, 0) is 35.4 Å². The summed E-state index contributed by atoms with van der Waals surface area (Å²) in [5, 5.41) is 22.6. The van der Waals surface area contributed by atoms with Crippen molar-refractivity contribution >= 4 is 11.8 Å². The molecule has 1 N–H and O–H groups in total. The van der Waals surface area contributed by atoms with Crippen LogP contribution in [0.3, 0.4) is 0 Å². The van der Waals surface area contributed by atoms with Crippen LogP contribution in [-0.2, 0) is 0 Å². The molecule has 0 aromatic carbocycles. The minimum atomic E-state index is -1.16. The third-order valence-corrected chi connectivity index (χ3v) is 3.39. The number of nitriles is 1. The maximum atomic E-state index is 11.1. The zero-order valence-electron chi connectivity index (χ0n) is 12.7. The number of hydrogen-bond acceptors (Lipinski definition) is 5. The van der Waals surface area contributed by atoms with E-state index in [0.29, 0.717) is 17.2 Å². The van der Waals surface area contributed by atoms with E-state index in [1.807, 2.05) is 0 Å². The highest BCUT2D eigenvalue weighted by atomic mass is 16.4. The molecule has 3 aromatic heterocycles. The van der Waals surface area contributed by atoms with E-state index in [2.05, 4.69) is 26.0 Å². The summed E-state index contributed by atoms with van der Waals surface area (Å²) >= 11 is 0. The molecule has 120 valence electrons. The van der Waals surface area contributed by atoms with Crippen LogP contribution in [0.1, 0.15) is 27.8 Å². The number of hydrogen-bond donors (Lipinski definition) is 1. The molecule has 0 spiro atoms. The van der Waals surface area contributed by atoms with Gasteiger partial charge < -0.3 is 9.95 Å². The standard InChI is InChI=1S/C17H10N6O2/c1-19-15-8-9-23(22-15)16-7-3-5-13(21-16)11(10-18)12-4-2-6-14(20-12)17(24)25/h2-9,11H,(H,24,25). The van der Waals surface area contributed by atoms with Crippen LogP contribution < -0.4 is 0 Å². The average molecular weight is 330 g/mol. The van der Waals surface area contributed by atoms with E-state index in [9.17, 15) is 10.1 Å². The number of nitrogens with zero attached hydrogens (tertiary/aromatic N) is 6. The van der Waals surface area contributed by atoms with Gasteiger partial charge in [-0.15, -0.1) is 4.68 Å². The molecule has 0 aliphatic rings. The number of carboxylic acid groups (broad SMARTS) is 1. The van der Waals surface area contributed by atoms with Crippen LogP contribution in [0.5, 0.6) is 0 Å². The van der Waals surface area contributed by atoms with E-state index in [1.54, 1.807) is 36.5 Å². The van der Waals surface area contributed by atoms with Gasteiger partial charge in [-0.2, -0.15) is 5.26 Å². The molecule has 0 radical (unpaired) electrons. The predicted molar refractivity (Wildman–Crippen MR) is 86.3 cm³/mol. The normalized spacial score (nSPS) is 11.3. The highest BCUT2D eigenvalue weighted by Gasteiger charge is 2.19. The van der Waals surface area contributed by atoms with E-state index in [1.165, 1.54) is 16.8 Å². The highest BCUT2D eigenvalue weighted by Crippen LogP contribution is 2.22. The first-order valence-electron chi connectivity index (χ1n) is 7.12. The van der Waals surface area contributed by atoms with Crippen LogP contribution in [-0.4, -0.2) is 30.8 Å². The Morgan fingerprint density at radius 3 is 2.56 bits per heavy atom. The van der Waals surface area contributed by atoms with Gasteiger partial charge in [0.2, 0.25) is 0 Å². The van der Waals surface area contributed by atoms with Crippen molar-refractivity contribution < 1.29 is 9.90 Å². The Bertz CT molecular complexity index is 1030. The summed E-state index contributed by atoms with van der Waals surface area (Å²) in [6, 6.07) is 13.2. The van der Waals surface area contributed by atoms with Gasteiger partial charge in [0, 0.05) is 6.20 Å². The van der Waals surface area contributed by atoms with Crippen LogP contribution in [0.2, 0.25) is 0 Å². The fraction of sp³-hybridized carbons (Fsp3) is 0.0588. The van der Waals surface area contributed by atoms with Gasteiger partial charge in [0.05, 0.1) is 17.5 Å². The van der Waals surface area contributed by atoms with Crippen molar-refractivity contribution in [3.8, 4) is 11.9 Å². The lowest BCUT2D eigenvalue weighted by Crippen LogP contribution is -2.09. The van der Waals surface area contributed by atoms with Crippen LogP contribution in [0.4, 0.5) is 5.82 Å². The quantitative estimate of drug-likeness (QED) is 0.736. The predicted octanol–water partition coefficient (Wildman–Crippen LogP) is 2.57. The summed E-state index contributed by atoms with van der Waals surface area (Å²) in [4.78, 5) is 22.7. The molecule has 1 atom stereocenters. The van der Waals surface area contributed by atoms with Crippen molar-refractivity contribution in [3.05, 3.63) is 77.2 Å². The SMILES string of the molecule is [C-]#[N+]c1ccn(-c2cccc(C(C#N)c3cccc(C(=O)O)n3)n2)n1. The summed E-state index contributed by atoms with van der Waals surface area (Å²) in [6.07, 6.45) is 1.60. The molecule has 0 bridgehead atoms. The Labute approximate surface area is 142 Å². The molecule has 0 aliphatic heterocycles. The van der Waals surface area contributed by atoms with Crippen molar-refractivity contribution in [2.24, 2.45) is 0 Å². The second-order valence-electron chi connectivity index (χ2n) is 4.97. The maximum absolute atomic E-state index is 11.1. The lowest BCUT2D eigenvalue weighted by molar-refractivity contribution is 0.0690. The molecule has 3 rings (SSSR count). The molecule has 8 heteroatoms. The molecule has 3 heterocycles. The van der Waals surface area contributed by atoms with Gasteiger partial charge in [0.25, 0.3) is 5.82 Å². The van der Waals surface area contributed by atoms with Gasteiger partial charge in [-0.1, -0.05) is 18.7 Å². The number of rotatable bonds is 4. The minimum Gasteiger partial charge on any atom is -0.477 e. The molecule has 0 saturated carbocycles. The first-order valence-corrected chi connectivity index (χ1v) is 7.12. The van der Waals surface area contributed by atoms with Crippen LogP contribution in [0.15, 0.2) is 48.7 Å². The third kappa shape index (κ3) is 3.19. The molecular formula is C17H10N6O2. The Morgan fingerprint density at radius 1 is 1.20 bits per heavy atom. The molecule has 0 saturated heterocycles. The largest absolute Gasteiger partial charge is 0.477 e. The van der Waals surface area contributed by atoms with E-state index in [0.717, 1.165) is 0 Å². The van der Waals surface area contributed by atoms with Gasteiger partial charge in [-0.25, -0.2) is 14.8 Å².